The van der Waals surface area contributed by atoms with E-state index < -0.39 is 64.1 Å². The van der Waals surface area contributed by atoms with Gasteiger partial charge in [0.2, 0.25) is 15.9 Å². The molecule has 1 heterocycles. The Morgan fingerprint density at radius 2 is 1.62 bits per heavy atom. The molecule has 1 aliphatic heterocycles. The molecule has 1 aliphatic rings. The van der Waals surface area contributed by atoms with E-state index in [1.165, 1.54) is 11.8 Å². The number of benzene rings is 2. The molecule has 2 aromatic rings. The Balaban J connectivity index is 1.86. The molecule has 37 heavy (non-hydrogen) atoms. The van der Waals surface area contributed by atoms with Crippen LogP contribution >= 0.6 is 0 Å². The highest BCUT2D eigenvalue weighted by Crippen LogP contribution is 2.39. The number of ether oxygens (including phenoxy) is 1. The summed E-state index contributed by atoms with van der Waals surface area (Å²) in [6.45, 7) is 1.24. The zero-order valence-electron chi connectivity index (χ0n) is 19.9. The average Bonchev–Trinajstić information content (AvgIpc) is 2.81. The van der Waals surface area contributed by atoms with Gasteiger partial charge in [-0.1, -0.05) is 30.3 Å². The van der Waals surface area contributed by atoms with Crippen LogP contribution in [0.25, 0.3) is 0 Å². The Morgan fingerprint density at radius 1 is 1.05 bits per heavy atom. The van der Waals surface area contributed by atoms with E-state index in [0.717, 1.165) is 11.8 Å². The number of rotatable bonds is 7. The quantitative estimate of drug-likeness (QED) is 0.504. The van der Waals surface area contributed by atoms with Gasteiger partial charge in [0, 0.05) is 19.0 Å². The minimum atomic E-state index is -4.98. The highest BCUT2D eigenvalue weighted by Gasteiger charge is 2.39. The van der Waals surface area contributed by atoms with Crippen molar-refractivity contribution in [1.82, 2.24) is 9.62 Å². The second kappa shape index (κ2) is 11.0. The Labute approximate surface area is 210 Å². The molecule has 1 amide bonds. The summed E-state index contributed by atoms with van der Waals surface area (Å²) in [4.78, 5) is 14.0. The molecule has 1 fully saturated rings. The van der Waals surface area contributed by atoms with Crippen LogP contribution in [0, 0.1) is 0 Å². The number of carbonyl (C=O) groups excluding carboxylic acids is 1. The maximum absolute atomic E-state index is 13.3. The molecule has 13 heteroatoms. The van der Waals surface area contributed by atoms with E-state index in [0.29, 0.717) is 12.1 Å². The third-order valence-corrected chi connectivity index (χ3v) is 6.74. The lowest BCUT2D eigenvalue weighted by atomic mass is 9.87. The van der Waals surface area contributed by atoms with Crippen molar-refractivity contribution in [2.24, 2.45) is 0 Å². The van der Waals surface area contributed by atoms with Crippen molar-refractivity contribution in [3.8, 4) is 0 Å². The van der Waals surface area contributed by atoms with Crippen molar-refractivity contribution in [3.63, 3.8) is 0 Å². The maximum atomic E-state index is 13.3. The number of hydrogen-bond donors (Lipinski definition) is 1. The standard InChI is InChI=1S/C24H26F6N2O4S/c1-15(17-10-18(23(25,26)27)12-19(11-17)24(28,29)30)36-21-8-9-32(22(33)13-31-37(2,34)35)14-20(21)16-6-4-3-5-7-16/h3-7,10-12,15,20-21,31H,8-9,13-14H2,1-2H3/t15-,20+,21+/m1/s1. The second-order valence-electron chi connectivity index (χ2n) is 8.89. The van der Waals surface area contributed by atoms with Crippen LogP contribution in [0.15, 0.2) is 48.5 Å². The van der Waals surface area contributed by atoms with Crippen molar-refractivity contribution in [3.05, 3.63) is 70.8 Å². The molecule has 2 aromatic carbocycles. The largest absolute Gasteiger partial charge is 0.416 e. The van der Waals surface area contributed by atoms with Gasteiger partial charge in [0.05, 0.1) is 36.1 Å². The molecule has 0 aliphatic carbocycles. The van der Waals surface area contributed by atoms with Gasteiger partial charge in [0.15, 0.2) is 0 Å². The molecule has 0 saturated carbocycles. The third-order valence-electron chi connectivity index (χ3n) is 6.07. The molecule has 0 radical (unpaired) electrons. The Kier molecular flexibility index (Phi) is 8.60. The zero-order chi connectivity index (χ0) is 27.6. The van der Waals surface area contributed by atoms with Gasteiger partial charge >= 0.3 is 12.4 Å². The summed E-state index contributed by atoms with van der Waals surface area (Å²) in [5, 5.41) is 0. The van der Waals surface area contributed by atoms with E-state index in [9.17, 15) is 39.6 Å². The van der Waals surface area contributed by atoms with Crippen LogP contribution in [0.2, 0.25) is 0 Å². The SMILES string of the molecule is C[C@@H](O[C@H]1CCN(C(=O)CNS(C)(=O)=O)C[C@H]1c1ccccc1)c1cc(C(F)(F)F)cc(C(F)(F)F)c1. The van der Waals surface area contributed by atoms with Crippen molar-refractivity contribution in [2.75, 3.05) is 25.9 Å². The van der Waals surface area contributed by atoms with Crippen molar-refractivity contribution < 1.29 is 44.3 Å². The number of amides is 1. The van der Waals surface area contributed by atoms with E-state index in [1.54, 1.807) is 30.3 Å². The molecule has 3 rings (SSSR count). The summed E-state index contributed by atoms with van der Waals surface area (Å²) >= 11 is 0. The summed E-state index contributed by atoms with van der Waals surface area (Å²) in [6.07, 6.45) is -10.5. The van der Waals surface area contributed by atoms with Gasteiger partial charge in [-0.05, 0) is 42.7 Å². The van der Waals surface area contributed by atoms with Crippen LogP contribution in [0.5, 0.6) is 0 Å². The number of sulfonamides is 1. The summed E-state index contributed by atoms with van der Waals surface area (Å²) in [5.74, 6) is -0.918. The molecule has 0 unspecified atom stereocenters. The topological polar surface area (TPSA) is 75.7 Å². The maximum Gasteiger partial charge on any atom is 0.416 e. The van der Waals surface area contributed by atoms with E-state index in [4.69, 9.17) is 4.74 Å². The van der Waals surface area contributed by atoms with Crippen LogP contribution in [0.3, 0.4) is 0 Å². The number of piperidine rings is 1. The highest BCUT2D eigenvalue weighted by atomic mass is 32.2. The van der Waals surface area contributed by atoms with Crippen LogP contribution in [-0.4, -0.2) is 51.2 Å². The first-order valence-corrected chi connectivity index (χ1v) is 13.2. The van der Waals surface area contributed by atoms with Crippen molar-refractivity contribution >= 4 is 15.9 Å². The fraction of sp³-hybridized carbons (Fsp3) is 0.458. The van der Waals surface area contributed by atoms with E-state index in [-0.39, 0.29) is 31.1 Å². The number of nitrogens with zero attached hydrogens (tertiary/aromatic N) is 1. The van der Waals surface area contributed by atoms with Gasteiger partial charge in [-0.2, -0.15) is 26.3 Å². The fourth-order valence-electron chi connectivity index (χ4n) is 4.20. The lowest BCUT2D eigenvalue weighted by Crippen LogP contribution is -2.48. The summed E-state index contributed by atoms with van der Waals surface area (Å²) in [5.41, 5.74) is -2.37. The minimum absolute atomic E-state index is 0.0671. The van der Waals surface area contributed by atoms with Gasteiger partial charge < -0.3 is 9.64 Å². The average molecular weight is 553 g/mol. The van der Waals surface area contributed by atoms with Crippen molar-refractivity contribution in [2.45, 2.75) is 43.8 Å². The smallest absolute Gasteiger partial charge is 0.370 e. The van der Waals surface area contributed by atoms with Gasteiger partial charge in [-0.15, -0.1) is 0 Å². The first-order valence-electron chi connectivity index (χ1n) is 11.3. The number of alkyl halides is 6. The lowest BCUT2D eigenvalue weighted by Gasteiger charge is -2.40. The number of carbonyl (C=O) groups is 1. The summed E-state index contributed by atoms with van der Waals surface area (Å²) in [6, 6.07) is 10.2. The normalized spacial score (nSPS) is 20.1. The van der Waals surface area contributed by atoms with Crippen LogP contribution in [0.1, 0.15) is 47.6 Å². The Morgan fingerprint density at radius 3 is 2.14 bits per heavy atom. The molecule has 0 bridgehead atoms. The summed E-state index contributed by atoms with van der Waals surface area (Å²) in [7, 11) is -3.59. The fourth-order valence-corrected chi connectivity index (χ4v) is 4.58. The van der Waals surface area contributed by atoms with Gasteiger partial charge in [0.25, 0.3) is 0 Å². The first kappa shape index (κ1) is 28.9. The molecule has 6 nitrogen and oxygen atoms in total. The predicted octanol–water partition coefficient (Wildman–Crippen LogP) is 4.74. The molecule has 0 spiro atoms. The van der Waals surface area contributed by atoms with Crippen LogP contribution in [-0.2, 0) is 31.9 Å². The van der Waals surface area contributed by atoms with Crippen molar-refractivity contribution in [1.29, 1.82) is 0 Å². The first-order chi connectivity index (χ1) is 17.0. The van der Waals surface area contributed by atoms with Gasteiger partial charge in [-0.3, -0.25) is 4.79 Å². The van der Waals surface area contributed by atoms with Gasteiger partial charge in [0.1, 0.15) is 0 Å². The molecule has 0 aromatic heterocycles. The lowest BCUT2D eigenvalue weighted by molar-refractivity contribution is -0.143. The molecular formula is C24H26F6N2O4S. The molecule has 1 saturated heterocycles. The monoisotopic (exact) mass is 552 g/mol. The molecule has 1 N–H and O–H groups in total. The predicted molar refractivity (Wildman–Crippen MR) is 123 cm³/mol. The number of halogens is 6. The molecule has 3 atom stereocenters. The van der Waals surface area contributed by atoms with Crippen LogP contribution in [0.4, 0.5) is 26.3 Å². The zero-order valence-corrected chi connectivity index (χ0v) is 20.8. The summed E-state index contributed by atoms with van der Waals surface area (Å²) < 4.78 is 111. The molecular weight excluding hydrogens is 526 g/mol. The van der Waals surface area contributed by atoms with E-state index in [2.05, 4.69) is 4.72 Å². The van der Waals surface area contributed by atoms with Gasteiger partial charge in [-0.25, -0.2) is 13.1 Å². The number of nitrogens with one attached hydrogen (secondary N) is 1. The Hall–Kier alpha value is -2.64. The Bertz CT molecular complexity index is 1170. The number of likely N-dealkylation sites (tertiary alicyclic amines) is 1. The second-order valence-corrected chi connectivity index (χ2v) is 10.7. The third kappa shape index (κ3) is 7.92. The highest BCUT2D eigenvalue weighted by molar-refractivity contribution is 7.88. The van der Waals surface area contributed by atoms with E-state index >= 15 is 0 Å². The van der Waals surface area contributed by atoms with Crippen LogP contribution < -0.4 is 4.72 Å². The number of hydrogen-bond acceptors (Lipinski definition) is 4. The molecule has 204 valence electrons. The van der Waals surface area contributed by atoms with E-state index in [1.807, 2.05) is 0 Å². The minimum Gasteiger partial charge on any atom is -0.370 e.